The van der Waals surface area contributed by atoms with Crippen LogP contribution in [0.2, 0.25) is 5.02 Å². The average molecular weight is 376 g/mol. The van der Waals surface area contributed by atoms with E-state index in [-0.39, 0.29) is 30.4 Å². The van der Waals surface area contributed by atoms with E-state index in [1.54, 1.807) is 18.2 Å². The number of nitrogens with zero attached hydrogens (tertiary/aromatic N) is 2. The van der Waals surface area contributed by atoms with Crippen LogP contribution in [0.4, 0.5) is 17.1 Å². The molecule has 8 nitrogen and oxygen atoms in total. The Hall–Kier alpha value is -3.13. The van der Waals surface area contributed by atoms with Gasteiger partial charge in [-0.3, -0.25) is 14.9 Å². The molecule has 2 aromatic rings. The molecule has 0 radical (unpaired) electrons. The summed E-state index contributed by atoms with van der Waals surface area (Å²) < 4.78 is 5.05. The number of fused-ring (bicyclic) bond motifs is 1. The minimum absolute atomic E-state index is 0.0571. The molecule has 1 N–H and O–H groups in total. The van der Waals surface area contributed by atoms with Crippen LogP contribution < -0.4 is 15.0 Å². The Labute approximate surface area is 153 Å². The fourth-order valence-electron chi connectivity index (χ4n) is 2.54. The summed E-state index contributed by atoms with van der Waals surface area (Å²) in [6.45, 7) is 1.60. The second kappa shape index (κ2) is 7.01. The largest absolute Gasteiger partial charge is 0.423 e. The van der Waals surface area contributed by atoms with Crippen LogP contribution in [0.1, 0.15) is 5.56 Å². The van der Waals surface area contributed by atoms with Crippen LogP contribution in [-0.2, 0) is 9.59 Å². The summed E-state index contributed by atoms with van der Waals surface area (Å²) in [4.78, 5) is 35.8. The second-order valence-corrected chi connectivity index (χ2v) is 6.16. The predicted octanol–water partition coefficient (Wildman–Crippen LogP) is 2.92. The zero-order chi connectivity index (χ0) is 18.8. The Balaban J connectivity index is 1.77. The van der Waals surface area contributed by atoms with E-state index in [2.05, 4.69) is 5.32 Å². The Kier molecular flexibility index (Phi) is 4.77. The van der Waals surface area contributed by atoms with E-state index < -0.39 is 10.9 Å². The van der Waals surface area contributed by atoms with Gasteiger partial charge in [-0.1, -0.05) is 17.7 Å². The maximum Gasteiger partial charge on any atom is 0.331 e. The van der Waals surface area contributed by atoms with Crippen molar-refractivity contribution in [2.75, 3.05) is 23.3 Å². The molecule has 0 unspecified atom stereocenters. The van der Waals surface area contributed by atoms with Gasteiger partial charge < -0.3 is 15.0 Å². The molecule has 0 spiro atoms. The molecule has 0 saturated carbocycles. The maximum absolute atomic E-state index is 12.3. The van der Waals surface area contributed by atoms with Crippen molar-refractivity contribution < 1.29 is 19.2 Å². The number of esters is 1. The lowest BCUT2D eigenvalue weighted by Crippen LogP contribution is -2.41. The Morgan fingerprint density at radius 3 is 2.81 bits per heavy atom. The molecule has 0 atom stereocenters. The lowest BCUT2D eigenvalue weighted by Gasteiger charge is -2.29. The van der Waals surface area contributed by atoms with Crippen molar-refractivity contribution in [2.45, 2.75) is 6.92 Å². The third-order valence-corrected chi connectivity index (χ3v) is 4.24. The van der Waals surface area contributed by atoms with Gasteiger partial charge in [0.15, 0.2) is 5.75 Å². The fourth-order valence-corrected chi connectivity index (χ4v) is 2.72. The molecule has 1 aliphatic rings. The number of anilines is 2. The predicted molar refractivity (Wildman–Crippen MR) is 95.8 cm³/mol. The molecule has 1 heterocycles. The molecule has 1 aliphatic heterocycles. The van der Waals surface area contributed by atoms with Gasteiger partial charge in [0.2, 0.25) is 5.91 Å². The molecule has 0 bridgehead atoms. The lowest BCUT2D eigenvalue weighted by molar-refractivity contribution is -0.384. The fraction of sp³-hybridized carbons (Fsp3) is 0.176. The number of non-ortho nitro benzene ring substituents is 1. The van der Waals surface area contributed by atoms with Gasteiger partial charge >= 0.3 is 5.97 Å². The summed E-state index contributed by atoms with van der Waals surface area (Å²) in [7, 11) is 0. The number of rotatable bonds is 4. The van der Waals surface area contributed by atoms with Crippen LogP contribution in [0.15, 0.2) is 36.4 Å². The number of ether oxygens (including phenoxy) is 1. The third-order valence-electron chi connectivity index (χ3n) is 3.83. The van der Waals surface area contributed by atoms with Crippen LogP contribution >= 0.6 is 11.6 Å². The van der Waals surface area contributed by atoms with E-state index in [1.165, 1.54) is 17.0 Å². The zero-order valence-electron chi connectivity index (χ0n) is 13.7. The minimum Gasteiger partial charge on any atom is -0.423 e. The number of amides is 1. The Morgan fingerprint density at radius 2 is 2.12 bits per heavy atom. The van der Waals surface area contributed by atoms with Crippen molar-refractivity contribution in [2.24, 2.45) is 0 Å². The molecule has 0 aliphatic carbocycles. The van der Waals surface area contributed by atoms with Gasteiger partial charge in [0, 0.05) is 16.8 Å². The minimum atomic E-state index is -0.593. The number of nitrogens with one attached hydrogen (secondary N) is 1. The summed E-state index contributed by atoms with van der Waals surface area (Å²) in [5, 5.41) is 14.1. The number of nitro groups is 1. The highest BCUT2D eigenvalue weighted by Crippen LogP contribution is 2.35. The van der Waals surface area contributed by atoms with E-state index in [4.69, 9.17) is 16.3 Å². The molecule has 134 valence electrons. The van der Waals surface area contributed by atoms with E-state index in [9.17, 15) is 19.7 Å². The lowest BCUT2D eigenvalue weighted by atomic mass is 10.2. The number of carbonyl (C=O) groups is 2. The number of carbonyl (C=O) groups excluding carboxylic acids is 2. The van der Waals surface area contributed by atoms with Gasteiger partial charge in [-0.2, -0.15) is 0 Å². The van der Waals surface area contributed by atoms with E-state index >= 15 is 0 Å². The summed E-state index contributed by atoms with van der Waals surface area (Å²) in [6.07, 6.45) is 0. The molecule has 3 rings (SSSR count). The summed E-state index contributed by atoms with van der Waals surface area (Å²) >= 11 is 6.04. The van der Waals surface area contributed by atoms with Crippen molar-refractivity contribution >= 4 is 40.5 Å². The summed E-state index contributed by atoms with van der Waals surface area (Å²) in [5.41, 5.74) is 1.66. The molecule has 1 amide bonds. The van der Waals surface area contributed by atoms with E-state index in [0.29, 0.717) is 16.4 Å². The number of nitro benzene ring substituents is 1. The Morgan fingerprint density at radius 1 is 1.35 bits per heavy atom. The van der Waals surface area contributed by atoms with Crippen LogP contribution in [-0.4, -0.2) is 29.9 Å². The summed E-state index contributed by atoms with van der Waals surface area (Å²) in [6, 6.07) is 9.05. The highest BCUT2D eigenvalue weighted by molar-refractivity contribution is 6.31. The first-order chi connectivity index (χ1) is 12.3. The van der Waals surface area contributed by atoms with Gasteiger partial charge in [-0.05, 0) is 30.7 Å². The van der Waals surface area contributed by atoms with Crippen molar-refractivity contribution in [1.29, 1.82) is 0 Å². The van der Waals surface area contributed by atoms with Crippen molar-refractivity contribution in [1.82, 2.24) is 0 Å². The smallest absolute Gasteiger partial charge is 0.331 e. The number of hydrogen-bond acceptors (Lipinski definition) is 6. The first-order valence-electron chi connectivity index (χ1n) is 7.63. The molecule has 0 aromatic heterocycles. The van der Waals surface area contributed by atoms with Crippen molar-refractivity contribution in [3.05, 3.63) is 57.1 Å². The molecule has 2 aromatic carbocycles. The Bertz CT molecular complexity index is 915. The van der Waals surface area contributed by atoms with Gasteiger partial charge in [-0.25, -0.2) is 4.79 Å². The normalized spacial score (nSPS) is 13.0. The van der Waals surface area contributed by atoms with Crippen molar-refractivity contribution in [3.8, 4) is 5.75 Å². The number of halogens is 1. The van der Waals surface area contributed by atoms with E-state index in [1.807, 2.05) is 6.92 Å². The molecule has 0 saturated heterocycles. The van der Waals surface area contributed by atoms with Crippen LogP contribution in [0.25, 0.3) is 0 Å². The third kappa shape index (κ3) is 3.75. The topological polar surface area (TPSA) is 102 Å². The van der Waals surface area contributed by atoms with Gasteiger partial charge in [0.1, 0.15) is 6.54 Å². The van der Waals surface area contributed by atoms with Crippen molar-refractivity contribution in [3.63, 3.8) is 0 Å². The molecular weight excluding hydrogens is 362 g/mol. The maximum atomic E-state index is 12.3. The average Bonchev–Trinajstić information content (AvgIpc) is 2.57. The molecule has 9 heteroatoms. The first-order valence-corrected chi connectivity index (χ1v) is 8.01. The van der Waals surface area contributed by atoms with Gasteiger partial charge in [0.25, 0.3) is 5.69 Å². The first kappa shape index (κ1) is 17.7. The molecule has 0 fully saturated rings. The highest BCUT2D eigenvalue weighted by atomic mass is 35.5. The van der Waals surface area contributed by atoms with Crippen LogP contribution in [0.3, 0.4) is 0 Å². The zero-order valence-corrected chi connectivity index (χ0v) is 14.4. The van der Waals surface area contributed by atoms with Gasteiger partial charge in [0.05, 0.1) is 23.2 Å². The highest BCUT2D eigenvalue weighted by Gasteiger charge is 2.27. The van der Waals surface area contributed by atoms with Gasteiger partial charge in [-0.15, -0.1) is 0 Å². The number of aryl methyl sites for hydroxylation is 1. The molecule has 26 heavy (non-hydrogen) atoms. The van der Waals surface area contributed by atoms with Crippen LogP contribution in [0, 0.1) is 17.0 Å². The quantitative estimate of drug-likeness (QED) is 0.381. The monoisotopic (exact) mass is 375 g/mol. The summed E-state index contributed by atoms with van der Waals surface area (Å²) in [5.74, 6) is -0.894. The second-order valence-electron chi connectivity index (χ2n) is 5.75. The number of benzene rings is 2. The molecular formula is C17H14ClN3O5. The standard InChI is InChI=1S/C17H14ClN3O5/c1-10-2-3-11(6-13(10)18)19-16(22)8-20-9-17(23)26-15-7-12(21(24)25)4-5-14(15)20/h2-7H,8-9H2,1H3,(H,19,22). The van der Waals surface area contributed by atoms with E-state index in [0.717, 1.165) is 11.6 Å². The number of hydrogen-bond donors (Lipinski definition) is 1. The van der Waals surface area contributed by atoms with Crippen LogP contribution in [0.5, 0.6) is 5.75 Å². The SMILES string of the molecule is Cc1ccc(NC(=O)CN2CC(=O)Oc3cc([N+](=O)[O-])ccc32)cc1Cl.